The SMILES string of the molecule is Cc1cnccc1NCCNC(=O)c1cn[nH]n1.O=CO. The highest BCUT2D eigenvalue weighted by molar-refractivity contribution is 5.91. The van der Waals surface area contributed by atoms with E-state index in [9.17, 15) is 4.79 Å². The number of anilines is 1. The molecule has 0 saturated heterocycles. The fraction of sp³-hybridized carbons (Fsp3) is 0.250. The Labute approximate surface area is 120 Å². The summed E-state index contributed by atoms with van der Waals surface area (Å²) in [7, 11) is 0. The van der Waals surface area contributed by atoms with E-state index in [2.05, 4.69) is 31.0 Å². The molecule has 1 amide bonds. The molecular formula is C12H16N6O3. The van der Waals surface area contributed by atoms with Crippen LogP contribution in [0.5, 0.6) is 0 Å². The van der Waals surface area contributed by atoms with Gasteiger partial charge in [-0.3, -0.25) is 14.6 Å². The van der Waals surface area contributed by atoms with E-state index in [-0.39, 0.29) is 18.1 Å². The van der Waals surface area contributed by atoms with Crippen LogP contribution >= 0.6 is 0 Å². The number of amides is 1. The zero-order valence-corrected chi connectivity index (χ0v) is 11.4. The molecule has 2 aromatic rings. The van der Waals surface area contributed by atoms with E-state index in [0.29, 0.717) is 13.1 Å². The Balaban J connectivity index is 0.000000677. The minimum Gasteiger partial charge on any atom is -0.483 e. The Morgan fingerprint density at radius 2 is 2.19 bits per heavy atom. The van der Waals surface area contributed by atoms with E-state index in [1.165, 1.54) is 6.20 Å². The summed E-state index contributed by atoms with van der Waals surface area (Å²) in [5.41, 5.74) is 2.37. The van der Waals surface area contributed by atoms with Crippen LogP contribution in [0, 0.1) is 6.92 Å². The molecule has 9 nitrogen and oxygen atoms in total. The van der Waals surface area contributed by atoms with Gasteiger partial charge in [0.25, 0.3) is 12.4 Å². The fourth-order valence-corrected chi connectivity index (χ4v) is 1.45. The Kier molecular flexibility index (Phi) is 6.91. The summed E-state index contributed by atoms with van der Waals surface area (Å²) in [6.45, 7) is 2.87. The number of aryl methyl sites for hydroxylation is 1. The number of hydrogen-bond acceptors (Lipinski definition) is 6. The lowest BCUT2D eigenvalue weighted by atomic mass is 10.2. The van der Waals surface area contributed by atoms with Crippen molar-refractivity contribution in [2.45, 2.75) is 6.92 Å². The molecule has 0 aliphatic heterocycles. The number of aromatic amines is 1. The van der Waals surface area contributed by atoms with Crippen LogP contribution in [0.3, 0.4) is 0 Å². The first-order valence-electron chi connectivity index (χ1n) is 6.05. The number of rotatable bonds is 5. The predicted octanol–water partition coefficient (Wildman–Crippen LogP) is 0.0508. The van der Waals surface area contributed by atoms with E-state index in [4.69, 9.17) is 9.90 Å². The third kappa shape index (κ3) is 5.68. The van der Waals surface area contributed by atoms with E-state index in [1.807, 2.05) is 13.0 Å². The number of H-pyrrole nitrogens is 1. The second-order valence-electron chi connectivity index (χ2n) is 3.83. The van der Waals surface area contributed by atoms with Crippen LogP contribution in [0.25, 0.3) is 0 Å². The first kappa shape index (κ1) is 16.1. The molecule has 2 rings (SSSR count). The first-order valence-corrected chi connectivity index (χ1v) is 6.05. The standard InChI is InChI=1S/C11H14N6O.CH2O2/c1-8-6-12-3-2-9(8)13-4-5-14-11(18)10-7-15-17-16-10;2-1-3/h2-3,6-7H,4-5H2,1H3,(H,12,13)(H,14,18)(H,15,16,17);1H,(H,2,3). The maximum atomic E-state index is 11.5. The number of hydrogen-bond donors (Lipinski definition) is 4. The van der Waals surface area contributed by atoms with E-state index in [1.54, 1.807) is 12.4 Å². The van der Waals surface area contributed by atoms with E-state index in [0.717, 1.165) is 11.3 Å². The van der Waals surface area contributed by atoms with Gasteiger partial charge in [0.1, 0.15) is 0 Å². The minimum atomic E-state index is -0.250. The molecule has 2 heterocycles. The van der Waals surface area contributed by atoms with Gasteiger partial charge in [-0.1, -0.05) is 0 Å². The van der Waals surface area contributed by atoms with Gasteiger partial charge in [-0.15, -0.1) is 0 Å². The normalized spacial score (nSPS) is 9.19. The summed E-state index contributed by atoms with van der Waals surface area (Å²) in [5.74, 6) is -0.239. The van der Waals surface area contributed by atoms with Gasteiger partial charge in [0.2, 0.25) is 0 Å². The number of nitrogens with zero attached hydrogens (tertiary/aromatic N) is 3. The lowest BCUT2D eigenvalue weighted by Crippen LogP contribution is -2.29. The Morgan fingerprint density at radius 1 is 1.43 bits per heavy atom. The molecule has 21 heavy (non-hydrogen) atoms. The molecule has 0 aliphatic carbocycles. The van der Waals surface area contributed by atoms with Crippen molar-refractivity contribution < 1.29 is 14.7 Å². The van der Waals surface area contributed by atoms with Gasteiger partial charge < -0.3 is 15.7 Å². The molecular weight excluding hydrogens is 276 g/mol. The highest BCUT2D eigenvalue weighted by atomic mass is 16.3. The quantitative estimate of drug-likeness (QED) is 0.452. The largest absolute Gasteiger partial charge is 0.483 e. The molecule has 0 bridgehead atoms. The van der Waals surface area contributed by atoms with Crippen LogP contribution in [0.4, 0.5) is 5.69 Å². The zero-order valence-electron chi connectivity index (χ0n) is 11.4. The average molecular weight is 292 g/mol. The molecule has 2 aromatic heterocycles. The average Bonchev–Trinajstić information content (AvgIpc) is 3.00. The summed E-state index contributed by atoms with van der Waals surface area (Å²) in [6, 6.07) is 1.90. The van der Waals surface area contributed by atoms with Crippen molar-refractivity contribution in [1.82, 2.24) is 25.7 Å². The predicted molar refractivity (Wildman–Crippen MR) is 74.9 cm³/mol. The van der Waals surface area contributed by atoms with Crippen molar-refractivity contribution in [2.24, 2.45) is 0 Å². The first-order chi connectivity index (χ1) is 10.2. The summed E-state index contributed by atoms with van der Waals surface area (Å²) in [5, 5.41) is 22.5. The van der Waals surface area contributed by atoms with Crippen LogP contribution in [0.2, 0.25) is 0 Å². The summed E-state index contributed by atoms with van der Waals surface area (Å²) in [4.78, 5) is 23.9. The lowest BCUT2D eigenvalue weighted by Gasteiger charge is -2.08. The van der Waals surface area contributed by atoms with Gasteiger partial charge in [-0.2, -0.15) is 15.4 Å². The monoisotopic (exact) mass is 292 g/mol. The molecule has 0 fully saturated rings. The third-order valence-corrected chi connectivity index (χ3v) is 2.39. The molecule has 0 aromatic carbocycles. The lowest BCUT2D eigenvalue weighted by molar-refractivity contribution is -0.122. The van der Waals surface area contributed by atoms with Gasteiger partial charge in [0, 0.05) is 31.2 Å². The van der Waals surface area contributed by atoms with Crippen LogP contribution in [-0.2, 0) is 4.79 Å². The smallest absolute Gasteiger partial charge is 0.290 e. The number of pyridine rings is 1. The molecule has 0 unspecified atom stereocenters. The number of nitrogens with one attached hydrogen (secondary N) is 3. The van der Waals surface area contributed by atoms with Gasteiger partial charge in [0.15, 0.2) is 5.69 Å². The van der Waals surface area contributed by atoms with Gasteiger partial charge >= 0.3 is 0 Å². The van der Waals surface area contributed by atoms with Crippen molar-refractivity contribution in [3.63, 3.8) is 0 Å². The molecule has 0 aliphatic rings. The second-order valence-corrected chi connectivity index (χ2v) is 3.83. The summed E-state index contributed by atoms with van der Waals surface area (Å²) >= 11 is 0. The Morgan fingerprint density at radius 3 is 2.81 bits per heavy atom. The third-order valence-electron chi connectivity index (χ3n) is 2.39. The summed E-state index contributed by atoms with van der Waals surface area (Å²) < 4.78 is 0. The van der Waals surface area contributed by atoms with Crippen molar-refractivity contribution >= 4 is 18.1 Å². The molecule has 112 valence electrons. The minimum absolute atomic E-state index is 0.239. The van der Waals surface area contributed by atoms with E-state index >= 15 is 0 Å². The molecule has 9 heteroatoms. The Bertz CT molecular complexity index is 558. The topological polar surface area (TPSA) is 133 Å². The molecule has 4 N–H and O–H groups in total. The zero-order chi connectivity index (χ0) is 15.5. The van der Waals surface area contributed by atoms with Crippen molar-refractivity contribution in [2.75, 3.05) is 18.4 Å². The van der Waals surface area contributed by atoms with Crippen LogP contribution in [-0.4, -0.2) is 51.0 Å². The van der Waals surface area contributed by atoms with Crippen molar-refractivity contribution in [3.8, 4) is 0 Å². The maximum absolute atomic E-state index is 11.5. The van der Waals surface area contributed by atoms with Crippen LogP contribution in [0.15, 0.2) is 24.7 Å². The Hall–Kier alpha value is -2.97. The van der Waals surface area contributed by atoms with E-state index < -0.39 is 0 Å². The van der Waals surface area contributed by atoms with Gasteiger partial charge in [0.05, 0.1) is 6.20 Å². The maximum Gasteiger partial charge on any atom is 0.290 e. The van der Waals surface area contributed by atoms with Gasteiger partial charge in [-0.25, -0.2) is 0 Å². The molecule has 0 saturated carbocycles. The van der Waals surface area contributed by atoms with Crippen molar-refractivity contribution in [1.29, 1.82) is 0 Å². The fourth-order valence-electron chi connectivity index (χ4n) is 1.45. The van der Waals surface area contributed by atoms with Crippen LogP contribution in [0.1, 0.15) is 16.1 Å². The molecule has 0 atom stereocenters. The highest BCUT2D eigenvalue weighted by Gasteiger charge is 2.06. The second kappa shape index (κ2) is 9.02. The molecule has 0 spiro atoms. The highest BCUT2D eigenvalue weighted by Crippen LogP contribution is 2.10. The number of carbonyl (C=O) groups is 2. The number of carbonyl (C=O) groups excluding carboxylic acids is 1. The van der Waals surface area contributed by atoms with Crippen molar-refractivity contribution in [3.05, 3.63) is 35.9 Å². The summed E-state index contributed by atoms with van der Waals surface area (Å²) in [6.07, 6.45) is 4.90. The molecule has 0 radical (unpaired) electrons. The number of aromatic nitrogens is 4. The van der Waals surface area contributed by atoms with Crippen LogP contribution < -0.4 is 10.6 Å². The number of carboxylic acid groups (broad SMARTS) is 1. The van der Waals surface area contributed by atoms with Gasteiger partial charge in [-0.05, 0) is 18.6 Å².